The van der Waals surface area contributed by atoms with Crippen LogP contribution in [-0.2, 0) is 0 Å². The number of alkyl halides is 1. The van der Waals surface area contributed by atoms with Gasteiger partial charge in [-0.15, -0.1) is 5.10 Å². The Hall–Kier alpha value is -1.98. The van der Waals surface area contributed by atoms with Crippen LogP contribution < -0.4 is 4.90 Å². The molecule has 1 atom stereocenters. The van der Waals surface area contributed by atoms with E-state index in [4.69, 9.17) is 0 Å². The number of rotatable bonds is 2. The van der Waals surface area contributed by atoms with Gasteiger partial charge in [0.1, 0.15) is 17.7 Å². The van der Waals surface area contributed by atoms with Crippen LogP contribution in [0.25, 0.3) is 5.65 Å². The molecule has 88 valence electrons. The molecule has 3 rings (SSSR count). The van der Waals surface area contributed by atoms with Crippen molar-refractivity contribution in [3.8, 4) is 0 Å². The van der Waals surface area contributed by atoms with Gasteiger partial charge < -0.3 is 4.90 Å². The van der Waals surface area contributed by atoms with Gasteiger partial charge in [-0.25, -0.2) is 13.9 Å². The SMILES string of the molecule is O=Cc1cnc2ccc(N3CCC(F)C3)nn12. The number of aromatic nitrogens is 3. The highest BCUT2D eigenvalue weighted by atomic mass is 19.1. The number of imidazole rings is 1. The zero-order chi connectivity index (χ0) is 11.8. The molecule has 0 spiro atoms. The number of nitrogens with zero attached hydrogens (tertiary/aromatic N) is 4. The maximum absolute atomic E-state index is 13.1. The maximum atomic E-state index is 13.1. The molecule has 0 N–H and O–H groups in total. The second-order valence-electron chi connectivity index (χ2n) is 4.09. The normalized spacial score (nSPS) is 20.1. The minimum Gasteiger partial charge on any atom is -0.352 e. The Morgan fingerprint density at radius 2 is 2.35 bits per heavy atom. The van der Waals surface area contributed by atoms with Crippen LogP contribution in [0.3, 0.4) is 0 Å². The lowest BCUT2D eigenvalue weighted by Gasteiger charge is -2.15. The number of carbonyl (C=O) groups is 1. The summed E-state index contributed by atoms with van der Waals surface area (Å²) in [5.41, 5.74) is 1.02. The average molecular weight is 234 g/mol. The smallest absolute Gasteiger partial charge is 0.170 e. The van der Waals surface area contributed by atoms with Gasteiger partial charge in [0, 0.05) is 6.54 Å². The molecule has 17 heavy (non-hydrogen) atoms. The highest BCUT2D eigenvalue weighted by Crippen LogP contribution is 2.20. The minimum absolute atomic E-state index is 0.365. The first-order valence-corrected chi connectivity index (χ1v) is 5.47. The lowest BCUT2D eigenvalue weighted by Crippen LogP contribution is -2.22. The molecule has 2 aromatic rings. The van der Waals surface area contributed by atoms with Crippen molar-refractivity contribution in [2.45, 2.75) is 12.6 Å². The molecular formula is C11H11FN4O. The van der Waals surface area contributed by atoms with E-state index >= 15 is 0 Å². The zero-order valence-corrected chi connectivity index (χ0v) is 9.08. The van der Waals surface area contributed by atoms with Crippen LogP contribution in [0.2, 0.25) is 0 Å². The third-order valence-corrected chi connectivity index (χ3v) is 2.95. The van der Waals surface area contributed by atoms with Crippen molar-refractivity contribution in [3.63, 3.8) is 0 Å². The molecule has 6 heteroatoms. The number of aldehydes is 1. The summed E-state index contributed by atoms with van der Waals surface area (Å²) in [4.78, 5) is 16.7. The van der Waals surface area contributed by atoms with E-state index in [1.165, 1.54) is 10.7 Å². The molecule has 0 radical (unpaired) electrons. The van der Waals surface area contributed by atoms with Crippen LogP contribution in [0.15, 0.2) is 18.3 Å². The van der Waals surface area contributed by atoms with E-state index in [9.17, 15) is 9.18 Å². The van der Waals surface area contributed by atoms with Gasteiger partial charge in [0.15, 0.2) is 11.9 Å². The van der Waals surface area contributed by atoms with Crippen LogP contribution in [0, 0.1) is 0 Å². The molecule has 0 aromatic carbocycles. The molecule has 0 bridgehead atoms. The van der Waals surface area contributed by atoms with Crippen molar-refractivity contribution < 1.29 is 9.18 Å². The fourth-order valence-electron chi connectivity index (χ4n) is 2.06. The summed E-state index contributed by atoms with van der Waals surface area (Å²) in [6.45, 7) is 1.02. The molecule has 5 nitrogen and oxygen atoms in total. The number of halogens is 1. The number of anilines is 1. The quantitative estimate of drug-likeness (QED) is 0.730. The van der Waals surface area contributed by atoms with E-state index < -0.39 is 6.17 Å². The third-order valence-electron chi connectivity index (χ3n) is 2.95. The number of hydrogen-bond acceptors (Lipinski definition) is 4. The van der Waals surface area contributed by atoms with Crippen LogP contribution in [0.1, 0.15) is 16.9 Å². The predicted octanol–water partition coefficient (Wildman–Crippen LogP) is 1.09. The zero-order valence-electron chi connectivity index (χ0n) is 9.08. The molecule has 2 aromatic heterocycles. The molecule has 1 fully saturated rings. The molecule has 1 unspecified atom stereocenters. The highest BCUT2D eigenvalue weighted by molar-refractivity contribution is 5.73. The van der Waals surface area contributed by atoms with Crippen LogP contribution in [-0.4, -0.2) is 40.1 Å². The predicted molar refractivity (Wildman–Crippen MR) is 60.1 cm³/mol. The summed E-state index contributed by atoms with van der Waals surface area (Å²) < 4.78 is 14.6. The Morgan fingerprint density at radius 3 is 3.06 bits per heavy atom. The van der Waals surface area contributed by atoms with Crippen molar-refractivity contribution in [2.24, 2.45) is 0 Å². The molecule has 0 saturated carbocycles. The first-order chi connectivity index (χ1) is 8.28. The fraction of sp³-hybridized carbons (Fsp3) is 0.364. The van der Waals surface area contributed by atoms with Crippen LogP contribution in [0.5, 0.6) is 0 Å². The van der Waals surface area contributed by atoms with Crippen molar-refractivity contribution >= 4 is 17.8 Å². The van der Waals surface area contributed by atoms with Gasteiger partial charge in [-0.05, 0) is 18.6 Å². The summed E-state index contributed by atoms with van der Waals surface area (Å²) in [6.07, 6.45) is 1.92. The van der Waals surface area contributed by atoms with Gasteiger partial charge in [0.05, 0.1) is 12.7 Å². The lowest BCUT2D eigenvalue weighted by atomic mass is 10.3. The first kappa shape index (κ1) is 10.2. The number of fused-ring (bicyclic) bond motifs is 1. The van der Waals surface area contributed by atoms with Gasteiger partial charge in [-0.3, -0.25) is 4.79 Å². The third kappa shape index (κ3) is 1.65. The summed E-state index contributed by atoms with van der Waals surface area (Å²) in [5.74, 6) is 0.679. The van der Waals surface area contributed by atoms with Gasteiger partial charge in [0.25, 0.3) is 0 Å². The fourth-order valence-corrected chi connectivity index (χ4v) is 2.06. The topological polar surface area (TPSA) is 50.5 Å². The van der Waals surface area contributed by atoms with Crippen molar-refractivity contribution in [3.05, 3.63) is 24.0 Å². The Morgan fingerprint density at radius 1 is 1.47 bits per heavy atom. The Kier molecular flexibility index (Phi) is 2.28. The lowest BCUT2D eigenvalue weighted by molar-refractivity contribution is 0.111. The van der Waals surface area contributed by atoms with Crippen LogP contribution >= 0.6 is 0 Å². The van der Waals surface area contributed by atoms with E-state index in [2.05, 4.69) is 10.1 Å². The number of hydrogen-bond donors (Lipinski definition) is 0. The van der Waals surface area contributed by atoms with Crippen molar-refractivity contribution in [1.29, 1.82) is 0 Å². The molecule has 0 amide bonds. The van der Waals surface area contributed by atoms with Gasteiger partial charge in [-0.1, -0.05) is 0 Å². The van der Waals surface area contributed by atoms with E-state index in [0.717, 1.165) is 0 Å². The highest BCUT2D eigenvalue weighted by Gasteiger charge is 2.23. The summed E-state index contributed by atoms with van der Waals surface area (Å²) >= 11 is 0. The molecule has 1 saturated heterocycles. The molecule has 0 aliphatic carbocycles. The summed E-state index contributed by atoms with van der Waals surface area (Å²) in [6, 6.07) is 3.58. The summed E-state index contributed by atoms with van der Waals surface area (Å²) in [7, 11) is 0. The standard InChI is InChI=1S/C11H11FN4O/c12-8-3-4-15(6-8)11-2-1-10-13-5-9(7-17)16(10)14-11/h1-2,5,7-8H,3-4,6H2. The first-order valence-electron chi connectivity index (χ1n) is 5.47. The second-order valence-corrected chi connectivity index (χ2v) is 4.09. The van der Waals surface area contributed by atoms with E-state index in [1.54, 1.807) is 12.1 Å². The van der Waals surface area contributed by atoms with Crippen LogP contribution in [0.4, 0.5) is 10.2 Å². The largest absolute Gasteiger partial charge is 0.352 e. The Labute approximate surface area is 96.9 Å². The van der Waals surface area contributed by atoms with E-state index in [0.29, 0.717) is 43.0 Å². The Bertz CT molecular complexity index is 568. The molecule has 1 aliphatic heterocycles. The van der Waals surface area contributed by atoms with Gasteiger partial charge in [0.2, 0.25) is 0 Å². The second kappa shape index (κ2) is 3.80. The molecule has 1 aliphatic rings. The maximum Gasteiger partial charge on any atom is 0.170 e. The van der Waals surface area contributed by atoms with E-state index in [-0.39, 0.29) is 0 Å². The van der Waals surface area contributed by atoms with E-state index in [1.807, 2.05) is 4.90 Å². The molecule has 3 heterocycles. The summed E-state index contributed by atoms with van der Waals surface area (Å²) in [5, 5.41) is 4.30. The average Bonchev–Trinajstić information content (AvgIpc) is 2.94. The minimum atomic E-state index is -0.791. The Balaban J connectivity index is 2.03. The monoisotopic (exact) mass is 234 g/mol. The molecular weight excluding hydrogens is 223 g/mol. The van der Waals surface area contributed by atoms with Crippen molar-refractivity contribution in [2.75, 3.05) is 18.0 Å². The number of carbonyl (C=O) groups excluding carboxylic acids is 1. The van der Waals surface area contributed by atoms with Gasteiger partial charge >= 0.3 is 0 Å². The van der Waals surface area contributed by atoms with Gasteiger partial charge in [-0.2, -0.15) is 0 Å². The van der Waals surface area contributed by atoms with Crippen molar-refractivity contribution in [1.82, 2.24) is 14.6 Å².